The first-order valence-corrected chi connectivity index (χ1v) is 7.12. The largest absolute Gasteiger partial charge is 1.00 e. The van der Waals surface area contributed by atoms with Gasteiger partial charge in [-0.2, -0.15) is 0 Å². The zero-order valence-electron chi connectivity index (χ0n) is 11.3. The highest BCUT2D eigenvalue weighted by atomic mass is 79.9. The van der Waals surface area contributed by atoms with Gasteiger partial charge in [-0.05, 0) is 13.3 Å². The smallest absolute Gasteiger partial charge is 0.306 e. The molecule has 0 atom stereocenters. The summed E-state index contributed by atoms with van der Waals surface area (Å²) in [6, 6.07) is 5.86. The van der Waals surface area contributed by atoms with Gasteiger partial charge >= 0.3 is 5.97 Å². The monoisotopic (exact) mass is 356 g/mol. The minimum Gasteiger partial charge on any atom is -1.00 e. The van der Waals surface area contributed by atoms with Gasteiger partial charge in [0.2, 0.25) is 0 Å². The third-order valence-electron chi connectivity index (χ3n) is 2.79. The Balaban J connectivity index is 0.00000200. The molecule has 0 saturated heterocycles. The molecule has 0 spiro atoms. The molecule has 0 fully saturated rings. The number of nitrogens with zero attached hydrogens (tertiary/aromatic N) is 2. The second kappa shape index (κ2) is 8.81. The Labute approximate surface area is 133 Å². The van der Waals surface area contributed by atoms with Crippen LogP contribution in [0.3, 0.4) is 0 Å². The minimum atomic E-state index is -0.149. The first kappa shape index (κ1) is 16.8. The lowest BCUT2D eigenvalue weighted by molar-refractivity contribution is -0.697. The third kappa shape index (κ3) is 5.38. The number of ether oxygens (including phenoxy) is 1. The number of pyridine rings is 1. The van der Waals surface area contributed by atoms with Crippen molar-refractivity contribution in [2.45, 2.75) is 26.3 Å². The molecule has 2 aromatic rings. The molecule has 0 amide bonds. The van der Waals surface area contributed by atoms with Crippen LogP contribution in [0.2, 0.25) is 0 Å². The Morgan fingerprint density at radius 3 is 2.75 bits per heavy atom. The van der Waals surface area contributed by atoms with E-state index in [1.165, 1.54) is 0 Å². The van der Waals surface area contributed by atoms with Crippen LogP contribution in [-0.4, -0.2) is 17.6 Å². The van der Waals surface area contributed by atoms with Crippen molar-refractivity contribution in [3.63, 3.8) is 0 Å². The molecule has 2 aromatic heterocycles. The molecule has 0 bridgehead atoms. The van der Waals surface area contributed by atoms with Crippen LogP contribution in [0.15, 0.2) is 36.1 Å². The molecule has 0 saturated carbocycles. The number of rotatable bonds is 6. The van der Waals surface area contributed by atoms with Crippen LogP contribution in [-0.2, 0) is 22.5 Å². The summed E-state index contributed by atoms with van der Waals surface area (Å²) in [6.07, 6.45) is 5.04. The van der Waals surface area contributed by atoms with Gasteiger partial charge < -0.3 is 21.7 Å². The molecular formula is C14H17BrN2O2S. The number of halogens is 1. The SMILES string of the molecule is Cc1ncsc1CCC(=O)OCC[n+]1ccccc1.[Br-]. The van der Waals surface area contributed by atoms with E-state index >= 15 is 0 Å². The van der Waals surface area contributed by atoms with Crippen LogP contribution in [0.25, 0.3) is 0 Å². The van der Waals surface area contributed by atoms with Gasteiger partial charge in [0.05, 0.1) is 17.6 Å². The topological polar surface area (TPSA) is 43.1 Å². The molecule has 0 N–H and O–H groups in total. The normalized spacial score (nSPS) is 9.85. The zero-order chi connectivity index (χ0) is 13.5. The number of carbonyl (C=O) groups excluding carboxylic acids is 1. The van der Waals surface area contributed by atoms with E-state index in [4.69, 9.17) is 4.74 Å². The van der Waals surface area contributed by atoms with E-state index in [0.717, 1.165) is 10.6 Å². The van der Waals surface area contributed by atoms with Crippen molar-refractivity contribution in [2.24, 2.45) is 0 Å². The third-order valence-corrected chi connectivity index (χ3v) is 3.79. The number of aryl methyl sites for hydroxylation is 2. The molecule has 0 unspecified atom stereocenters. The van der Waals surface area contributed by atoms with Gasteiger partial charge in [-0.15, -0.1) is 11.3 Å². The second-order valence-electron chi connectivity index (χ2n) is 4.19. The molecule has 4 nitrogen and oxygen atoms in total. The summed E-state index contributed by atoms with van der Waals surface area (Å²) in [5, 5.41) is 0. The zero-order valence-corrected chi connectivity index (χ0v) is 13.7. The van der Waals surface area contributed by atoms with Crippen LogP contribution < -0.4 is 21.5 Å². The summed E-state index contributed by atoms with van der Waals surface area (Å²) in [6.45, 7) is 3.06. The maximum absolute atomic E-state index is 11.6. The van der Waals surface area contributed by atoms with Crippen molar-refractivity contribution in [3.05, 3.63) is 46.7 Å². The first-order chi connectivity index (χ1) is 9.25. The van der Waals surface area contributed by atoms with Gasteiger partial charge in [0.25, 0.3) is 0 Å². The van der Waals surface area contributed by atoms with Crippen LogP contribution in [0, 0.1) is 6.92 Å². The van der Waals surface area contributed by atoms with E-state index in [2.05, 4.69) is 4.98 Å². The molecule has 108 valence electrons. The van der Waals surface area contributed by atoms with Gasteiger partial charge in [-0.1, -0.05) is 6.07 Å². The van der Waals surface area contributed by atoms with Crippen LogP contribution in [0.5, 0.6) is 0 Å². The van der Waals surface area contributed by atoms with E-state index < -0.39 is 0 Å². The van der Waals surface area contributed by atoms with Crippen molar-refractivity contribution in [3.8, 4) is 0 Å². The fourth-order valence-electron chi connectivity index (χ4n) is 1.70. The highest BCUT2D eigenvalue weighted by molar-refractivity contribution is 7.09. The van der Waals surface area contributed by atoms with E-state index in [9.17, 15) is 4.79 Å². The van der Waals surface area contributed by atoms with E-state index in [0.29, 0.717) is 26.0 Å². The van der Waals surface area contributed by atoms with Crippen molar-refractivity contribution in [2.75, 3.05) is 6.61 Å². The average molecular weight is 357 g/mol. The number of carbonyl (C=O) groups is 1. The number of aromatic nitrogens is 2. The predicted octanol–water partition coefficient (Wildman–Crippen LogP) is -1.08. The fourth-order valence-corrected chi connectivity index (χ4v) is 2.48. The molecule has 2 rings (SSSR count). The predicted molar refractivity (Wildman–Crippen MR) is 72.8 cm³/mol. The Kier molecular flexibility index (Phi) is 7.40. The maximum Gasteiger partial charge on any atom is 0.306 e. The van der Waals surface area contributed by atoms with Crippen LogP contribution in [0.1, 0.15) is 17.0 Å². The van der Waals surface area contributed by atoms with E-state index in [-0.39, 0.29) is 23.0 Å². The minimum absolute atomic E-state index is 0. The molecule has 2 heterocycles. The van der Waals surface area contributed by atoms with Gasteiger partial charge in [0, 0.05) is 17.0 Å². The van der Waals surface area contributed by atoms with E-state index in [1.807, 2.05) is 47.6 Å². The summed E-state index contributed by atoms with van der Waals surface area (Å²) in [4.78, 5) is 16.9. The molecule has 6 heteroatoms. The van der Waals surface area contributed by atoms with Crippen molar-refractivity contribution < 1.29 is 31.1 Å². The Morgan fingerprint density at radius 1 is 1.35 bits per heavy atom. The van der Waals surface area contributed by atoms with Gasteiger partial charge in [-0.25, -0.2) is 9.55 Å². The summed E-state index contributed by atoms with van der Waals surface area (Å²) < 4.78 is 7.20. The second-order valence-corrected chi connectivity index (χ2v) is 5.13. The number of hydrogen-bond donors (Lipinski definition) is 0. The lowest BCUT2D eigenvalue weighted by Gasteiger charge is -2.02. The lowest BCUT2D eigenvalue weighted by atomic mass is 10.2. The summed E-state index contributed by atoms with van der Waals surface area (Å²) in [5.74, 6) is -0.149. The van der Waals surface area contributed by atoms with Crippen molar-refractivity contribution >= 4 is 17.3 Å². The van der Waals surface area contributed by atoms with Crippen molar-refractivity contribution in [1.29, 1.82) is 0 Å². The molecule has 0 aliphatic heterocycles. The molecule has 0 aromatic carbocycles. The number of hydrogen-bond acceptors (Lipinski definition) is 4. The number of thiazole rings is 1. The maximum atomic E-state index is 11.6. The molecule has 0 radical (unpaired) electrons. The molecular weight excluding hydrogens is 340 g/mol. The Hall–Kier alpha value is -1.27. The Bertz CT molecular complexity index is 531. The average Bonchev–Trinajstić information content (AvgIpc) is 2.83. The standard InChI is InChI=1S/C14H17N2O2S.BrH/c1-12-13(19-11-15-12)5-6-14(17)18-10-9-16-7-3-2-4-8-16;/h2-4,7-8,11H,5-6,9-10H2,1H3;1H/q+1;/p-1. The van der Waals surface area contributed by atoms with Crippen molar-refractivity contribution in [1.82, 2.24) is 4.98 Å². The van der Waals surface area contributed by atoms with Gasteiger partial charge in [-0.3, -0.25) is 4.79 Å². The molecule has 0 aliphatic rings. The fraction of sp³-hybridized carbons (Fsp3) is 0.357. The molecule has 0 aliphatic carbocycles. The summed E-state index contributed by atoms with van der Waals surface area (Å²) in [5.41, 5.74) is 2.82. The Morgan fingerprint density at radius 2 is 2.10 bits per heavy atom. The summed E-state index contributed by atoms with van der Waals surface area (Å²) >= 11 is 1.59. The number of esters is 1. The van der Waals surface area contributed by atoms with Gasteiger partial charge in [0.1, 0.15) is 0 Å². The van der Waals surface area contributed by atoms with Gasteiger partial charge in [0.15, 0.2) is 25.5 Å². The lowest BCUT2D eigenvalue weighted by Crippen LogP contribution is -3.00. The first-order valence-electron chi connectivity index (χ1n) is 6.24. The quantitative estimate of drug-likeness (QED) is 0.488. The highest BCUT2D eigenvalue weighted by Crippen LogP contribution is 2.14. The van der Waals surface area contributed by atoms with E-state index in [1.54, 1.807) is 11.3 Å². The van der Waals surface area contributed by atoms with Crippen LogP contribution in [0.4, 0.5) is 0 Å². The highest BCUT2D eigenvalue weighted by Gasteiger charge is 2.08. The molecule has 20 heavy (non-hydrogen) atoms. The van der Waals surface area contributed by atoms with Crippen LogP contribution >= 0.6 is 11.3 Å². The summed E-state index contributed by atoms with van der Waals surface area (Å²) in [7, 11) is 0.